The Labute approximate surface area is 166 Å². The molecule has 2 aliphatic heterocycles. The Bertz CT molecular complexity index is 929. The number of aromatic nitrogens is 4. The Balaban J connectivity index is 1.47. The first kappa shape index (κ1) is 19.1. The Kier molecular flexibility index (Phi) is 5.24. The third-order valence-electron chi connectivity index (χ3n) is 5.32. The molecular weight excluding hydrogens is 378 g/mol. The maximum atomic E-state index is 12.8. The van der Waals surface area contributed by atoms with Crippen LogP contribution < -0.4 is 9.80 Å². The summed E-state index contributed by atoms with van der Waals surface area (Å²) in [5.41, 5.74) is 0.939. The smallest absolute Gasteiger partial charge is 0.262 e. The van der Waals surface area contributed by atoms with Gasteiger partial charge in [-0.2, -0.15) is 9.29 Å². The minimum Gasteiger partial charge on any atom is -0.356 e. The highest BCUT2D eigenvalue weighted by molar-refractivity contribution is 7.89. The number of sulfonamides is 1. The van der Waals surface area contributed by atoms with Crippen molar-refractivity contribution < 1.29 is 8.42 Å². The van der Waals surface area contributed by atoms with E-state index in [0.717, 1.165) is 24.6 Å². The first-order valence-corrected chi connectivity index (χ1v) is 11.2. The molecule has 0 aromatic carbocycles. The maximum absolute atomic E-state index is 12.8. The first-order chi connectivity index (χ1) is 13.4. The van der Waals surface area contributed by atoms with E-state index >= 15 is 0 Å². The number of imidazole rings is 1. The van der Waals surface area contributed by atoms with E-state index < -0.39 is 10.0 Å². The van der Waals surface area contributed by atoms with Crippen LogP contribution in [0.1, 0.15) is 25.0 Å². The summed E-state index contributed by atoms with van der Waals surface area (Å²) in [6.45, 7) is 5.98. The predicted molar refractivity (Wildman–Crippen MR) is 107 cm³/mol. The number of rotatable bonds is 4. The SMILES string of the molecule is Cc1cc(N2CCCCC2)nc(N2CCN(S(=O)(=O)c3cn(C)cn3)CC2)n1. The highest BCUT2D eigenvalue weighted by Crippen LogP contribution is 2.23. The largest absolute Gasteiger partial charge is 0.356 e. The van der Waals surface area contributed by atoms with Gasteiger partial charge in [0.1, 0.15) is 5.82 Å². The van der Waals surface area contributed by atoms with E-state index in [-0.39, 0.29) is 5.03 Å². The quantitative estimate of drug-likeness (QED) is 0.750. The predicted octanol–water partition coefficient (Wildman–Crippen LogP) is 1.02. The summed E-state index contributed by atoms with van der Waals surface area (Å²) in [7, 11) is -1.79. The average Bonchev–Trinajstić information content (AvgIpc) is 3.15. The number of hydrogen-bond acceptors (Lipinski definition) is 7. The summed E-state index contributed by atoms with van der Waals surface area (Å²) in [4.78, 5) is 17.8. The minimum absolute atomic E-state index is 0.0997. The molecule has 0 radical (unpaired) electrons. The summed E-state index contributed by atoms with van der Waals surface area (Å²) < 4.78 is 28.6. The van der Waals surface area contributed by atoms with Crippen LogP contribution in [-0.2, 0) is 17.1 Å². The maximum Gasteiger partial charge on any atom is 0.262 e. The second kappa shape index (κ2) is 7.67. The fraction of sp³-hybridized carbons (Fsp3) is 0.611. The molecule has 0 unspecified atom stereocenters. The van der Waals surface area contributed by atoms with Crippen LogP contribution >= 0.6 is 0 Å². The molecule has 0 N–H and O–H groups in total. The van der Waals surface area contributed by atoms with Gasteiger partial charge in [0.25, 0.3) is 10.0 Å². The fourth-order valence-corrected chi connectivity index (χ4v) is 5.13. The third kappa shape index (κ3) is 3.83. The van der Waals surface area contributed by atoms with Gasteiger partial charge < -0.3 is 14.4 Å². The van der Waals surface area contributed by atoms with Crippen molar-refractivity contribution in [1.82, 2.24) is 23.8 Å². The molecule has 0 amide bonds. The van der Waals surface area contributed by atoms with Crippen molar-refractivity contribution in [2.75, 3.05) is 49.1 Å². The summed E-state index contributed by atoms with van der Waals surface area (Å²) in [6.07, 6.45) is 6.72. The van der Waals surface area contributed by atoms with Crippen LogP contribution in [0.25, 0.3) is 0 Å². The first-order valence-electron chi connectivity index (χ1n) is 9.77. The van der Waals surface area contributed by atoms with Crippen LogP contribution in [0.15, 0.2) is 23.6 Å². The lowest BCUT2D eigenvalue weighted by atomic mass is 10.1. The highest BCUT2D eigenvalue weighted by Gasteiger charge is 2.31. The summed E-state index contributed by atoms with van der Waals surface area (Å²) in [5.74, 6) is 1.67. The third-order valence-corrected chi connectivity index (χ3v) is 7.10. The standard InChI is InChI=1S/C18H27N7O2S/c1-15-12-16(23-6-4-3-5-7-23)21-18(20-15)24-8-10-25(11-9-24)28(26,27)17-13-22(2)14-19-17/h12-14H,3-11H2,1-2H3. The van der Waals surface area contributed by atoms with Crippen molar-refractivity contribution in [3.05, 3.63) is 24.3 Å². The van der Waals surface area contributed by atoms with Gasteiger partial charge in [0.05, 0.1) is 6.33 Å². The molecule has 2 aromatic heterocycles. The van der Waals surface area contributed by atoms with E-state index in [1.165, 1.54) is 36.1 Å². The molecule has 0 bridgehead atoms. The molecule has 0 spiro atoms. The van der Waals surface area contributed by atoms with E-state index in [1.807, 2.05) is 13.0 Å². The Morgan fingerprint density at radius 1 is 0.929 bits per heavy atom. The minimum atomic E-state index is -3.55. The van der Waals surface area contributed by atoms with Gasteiger partial charge in [0.15, 0.2) is 5.03 Å². The number of nitrogens with zero attached hydrogens (tertiary/aromatic N) is 7. The fourth-order valence-electron chi connectivity index (χ4n) is 3.75. The zero-order valence-electron chi connectivity index (χ0n) is 16.5. The summed E-state index contributed by atoms with van der Waals surface area (Å²) >= 11 is 0. The van der Waals surface area contributed by atoms with Crippen molar-refractivity contribution >= 4 is 21.8 Å². The topological polar surface area (TPSA) is 87.5 Å². The molecule has 0 atom stereocenters. The van der Waals surface area contributed by atoms with Gasteiger partial charge in [-0.1, -0.05) is 0 Å². The lowest BCUT2D eigenvalue weighted by molar-refractivity contribution is 0.381. The molecule has 10 heteroatoms. The van der Waals surface area contributed by atoms with Gasteiger partial charge in [-0.15, -0.1) is 0 Å². The molecule has 152 valence electrons. The van der Waals surface area contributed by atoms with Crippen LogP contribution in [0.4, 0.5) is 11.8 Å². The molecule has 2 aromatic rings. The monoisotopic (exact) mass is 405 g/mol. The summed E-state index contributed by atoms with van der Waals surface area (Å²) in [5, 5.41) is 0.0997. The molecule has 2 saturated heterocycles. The molecule has 2 fully saturated rings. The van der Waals surface area contributed by atoms with Gasteiger partial charge in [-0.3, -0.25) is 0 Å². The van der Waals surface area contributed by atoms with Crippen molar-refractivity contribution in [3.8, 4) is 0 Å². The van der Waals surface area contributed by atoms with Crippen LogP contribution in [0.5, 0.6) is 0 Å². The van der Waals surface area contributed by atoms with Crippen molar-refractivity contribution in [1.29, 1.82) is 0 Å². The van der Waals surface area contributed by atoms with E-state index in [4.69, 9.17) is 4.98 Å². The molecule has 4 rings (SSSR count). The van der Waals surface area contributed by atoms with E-state index in [9.17, 15) is 8.42 Å². The van der Waals surface area contributed by atoms with Gasteiger partial charge in [-0.05, 0) is 26.2 Å². The van der Waals surface area contributed by atoms with Gasteiger partial charge in [-0.25, -0.2) is 18.4 Å². The molecule has 9 nitrogen and oxygen atoms in total. The normalized spacial score (nSPS) is 19.2. The zero-order valence-corrected chi connectivity index (χ0v) is 17.3. The highest BCUT2D eigenvalue weighted by atomic mass is 32.2. The zero-order chi connectivity index (χ0) is 19.7. The van der Waals surface area contributed by atoms with Crippen molar-refractivity contribution in [2.24, 2.45) is 7.05 Å². The number of aryl methyl sites for hydroxylation is 2. The number of piperazine rings is 1. The van der Waals surface area contributed by atoms with Crippen molar-refractivity contribution in [3.63, 3.8) is 0 Å². The van der Waals surface area contributed by atoms with Crippen LogP contribution in [-0.4, -0.2) is 71.5 Å². The number of anilines is 2. The van der Waals surface area contributed by atoms with Crippen molar-refractivity contribution in [2.45, 2.75) is 31.2 Å². The molecule has 0 aliphatic carbocycles. The Morgan fingerprint density at radius 3 is 2.29 bits per heavy atom. The number of piperidine rings is 1. The van der Waals surface area contributed by atoms with Gasteiger partial charge in [0, 0.05) is 64.3 Å². The molecule has 4 heterocycles. The number of hydrogen-bond donors (Lipinski definition) is 0. The van der Waals surface area contributed by atoms with Crippen LogP contribution in [0.2, 0.25) is 0 Å². The Hall–Kier alpha value is -2.20. The van der Waals surface area contributed by atoms with Crippen LogP contribution in [0, 0.1) is 6.92 Å². The second-order valence-electron chi connectivity index (χ2n) is 7.48. The van der Waals surface area contributed by atoms with Gasteiger partial charge >= 0.3 is 0 Å². The molecule has 0 saturated carbocycles. The lowest BCUT2D eigenvalue weighted by Crippen LogP contribution is -2.49. The average molecular weight is 406 g/mol. The van der Waals surface area contributed by atoms with Gasteiger partial charge in [0.2, 0.25) is 5.95 Å². The Morgan fingerprint density at radius 2 is 1.64 bits per heavy atom. The van der Waals surface area contributed by atoms with E-state index in [0.29, 0.717) is 32.1 Å². The summed E-state index contributed by atoms with van der Waals surface area (Å²) in [6, 6.07) is 2.04. The lowest BCUT2D eigenvalue weighted by Gasteiger charge is -2.34. The second-order valence-corrected chi connectivity index (χ2v) is 9.37. The molecule has 28 heavy (non-hydrogen) atoms. The molecule has 2 aliphatic rings. The van der Waals surface area contributed by atoms with Crippen LogP contribution in [0.3, 0.4) is 0 Å². The van der Waals surface area contributed by atoms with E-state index in [2.05, 4.69) is 19.8 Å². The molecular formula is C18H27N7O2S. The van der Waals surface area contributed by atoms with E-state index in [1.54, 1.807) is 11.6 Å².